The van der Waals surface area contributed by atoms with E-state index in [0.717, 1.165) is 50.2 Å². The quantitative estimate of drug-likeness (QED) is 0.614. The van der Waals surface area contributed by atoms with E-state index in [-0.39, 0.29) is 23.5 Å². The molecule has 2 fully saturated rings. The summed E-state index contributed by atoms with van der Waals surface area (Å²) in [7, 11) is 0. The molecule has 2 N–H and O–H groups in total. The number of thioether (sulfide) groups is 1. The number of rotatable bonds is 8. The maximum atomic E-state index is 12.4. The van der Waals surface area contributed by atoms with Crippen LogP contribution in [0.1, 0.15) is 38.2 Å². The maximum Gasteiger partial charge on any atom is 0.234 e. The summed E-state index contributed by atoms with van der Waals surface area (Å²) in [4.78, 5) is 26.7. The van der Waals surface area contributed by atoms with Gasteiger partial charge in [-0.3, -0.25) is 9.59 Å². The van der Waals surface area contributed by atoms with Crippen molar-refractivity contribution in [3.8, 4) is 0 Å². The molecule has 1 aliphatic heterocycles. The van der Waals surface area contributed by atoms with Gasteiger partial charge in [0.05, 0.1) is 11.7 Å². The van der Waals surface area contributed by atoms with E-state index in [1.54, 1.807) is 0 Å². The smallest absolute Gasteiger partial charge is 0.234 e. The lowest BCUT2D eigenvalue weighted by Gasteiger charge is -2.32. The average molecular weight is 440 g/mol. The Morgan fingerprint density at radius 1 is 1.10 bits per heavy atom. The van der Waals surface area contributed by atoms with E-state index in [2.05, 4.69) is 32.7 Å². The van der Waals surface area contributed by atoms with Crippen molar-refractivity contribution in [3.05, 3.63) is 42.0 Å². The third kappa shape index (κ3) is 6.19. The summed E-state index contributed by atoms with van der Waals surface area (Å²) in [6, 6.07) is 12.1. The highest BCUT2D eigenvalue weighted by atomic mass is 32.2. The zero-order valence-corrected chi connectivity index (χ0v) is 18.7. The Morgan fingerprint density at radius 3 is 2.58 bits per heavy atom. The predicted molar refractivity (Wildman–Crippen MR) is 123 cm³/mol. The Hall–Kier alpha value is -2.61. The van der Waals surface area contributed by atoms with Crippen LogP contribution < -0.4 is 15.5 Å². The molecule has 0 radical (unpaired) electrons. The minimum absolute atomic E-state index is 0.0142. The highest BCUT2D eigenvalue weighted by Crippen LogP contribution is 2.25. The molecule has 8 heteroatoms. The van der Waals surface area contributed by atoms with Crippen molar-refractivity contribution in [2.24, 2.45) is 5.92 Å². The summed E-state index contributed by atoms with van der Waals surface area (Å²) in [6.07, 6.45) is 5.09. The zero-order valence-electron chi connectivity index (χ0n) is 17.8. The summed E-state index contributed by atoms with van der Waals surface area (Å²) in [6.45, 7) is 3.67. The van der Waals surface area contributed by atoms with E-state index in [1.165, 1.54) is 17.3 Å². The van der Waals surface area contributed by atoms with Crippen molar-refractivity contribution in [3.63, 3.8) is 0 Å². The van der Waals surface area contributed by atoms with Crippen LogP contribution in [0.4, 0.5) is 11.5 Å². The van der Waals surface area contributed by atoms with Crippen LogP contribution in [0.2, 0.25) is 0 Å². The Balaban J connectivity index is 1.25. The number of piperidine rings is 1. The van der Waals surface area contributed by atoms with Crippen LogP contribution in [-0.4, -0.2) is 46.9 Å². The second-order valence-corrected chi connectivity index (χ2v) is 9.18. The minimum atomic E-state index is -0.0688. The van der Waals surface area contributed by atoms with Gasteiger partial charge in [-0.15, -0.1) is 10.2 Å². The molecule has 2 amide bonds. The lowest BCUT2D eigenvalue weighted by atomic mass is 9.97. The minimum Gasteiger partial charge on any atom is -0.354 e. The molecule has 0 bridgehead atoms. The summed E-state index contributed by atoms with van der Waals surface area (Å²) in [5.74, 6) is 1.17. The number of carbonyl (C=O) groups is 2. The van der Waals surface area contributed by atoms with Gasteiger partial charge in [0.2, 0.25) is 11.8 Å². The number of carbonyl (C=O) groups excluding carboxylic acids is 2. The van der Waals surface area contributed by atoms with Gasteiger partial charge in [-0.1, -0.05) is 30.8 Å². The Labute approximate surface area is 187 Å². The fraction of sp³-hybridized carbons (Fsp3) is 0.478. The molecule has 1 aliphatic carbocycles. The topological polar surface area (TPSA) is 87.2 Å². The molecular formula is C23H29N5O2S. The third-order valence-electron chi connectivity index (χ3n) is 5.66. The molecule has 0 unspecified atom stereocenters. The lowest BCUT2D eigenvalue weighted by molar-refractivity contribution is -0.125. The van der Waals surface area contributed by atoms with Gasteiger partial charge in [-0.2, -0.15) is 0 Å². The normalized spacial score (nSPS) is 18.5. The monoisotopic (exact) mass is 439 g/mol. The van der Waals surface area contributed by atoms with Gasteiger partial charge >= 0.3 is 0 Å². The van der Waals surface area contributed by atoms with Crippen molar-refractivity contribution in [1.29, 1.82) is 0 Å². The molecule has 2 heterocycles. The van der Waals surface area contributed by atoms with E-state index in [9.17, 15) is 9.59 Å². The molecule has 1 aromatic carbocycles. The number of benzene rings is 1. The number of nitrogens with one attached hydrogen (secondary N) is 2. The number of hydrogen-bond donors (Lipinski definition) is 2. The largest absolute Gasteiger partial charge is 0.354 e. The van der Waals surface area contributed by atoms with Crippen molar-refractivity contribution < 1.29 is 9.59 Å². The molecule has 2 aliphatic rings. The predicted octanol–water partition coefficient (Wildman–Crippen LogP) is 3.26. The molecule has 4 rings (SSSR count). The van der Waals surface area contributed by atoms with Crippen LogP contribution >= 0.6 is 11.8 Å². The van der Waals surface area contributed by atoms with Crippen molar-refractivity contribution in [1.82, 2.24) is 15.5 Å². The number of nitrogens with zero attached hydrogens (tertiary/aromatic N) is 3. The molecule has 1 saturated heterocycles. The van der Waals surface area contributed by atoms with E-state index in [0.29, 0.717) is 17.6 Å². The first-order valence-electron chi connectivity index (χ1n) is 11.0. The summed E-state index contributed by atoms with van der Waals surface area (Å²) in [5, 5.41) is 15.3. The summed E-state index contributed by atoms with van der Waals surface area (Å²) >= 11 is 1.36. The van der Waals surface area contributed by atoms with Gasteiger partial charge in [0.15, 0.2) is 5.82 Å². The van der Waals surface area contributed by atoms with Crippen LogP contribution in [-0.2, 0) is 16.0 Å². The number of aryl methyl sites for hydroxylation is 1. The molecule has 164 valence electrons. The zero-order chi connectivity index (χ0) is 21.6. The fourth-order valence-electron chi connectivity index (χ4n) is 3.66. The van der Waals surface area contributed by atoms with E-state index in [4.69, 9.17) is 0 Å². The van der Waals surface area contributed by atoms with Gasteiger partial charge in [0, 0.05) is 24.8 Å². The first kappa shape index (κ1) is 21.6. The van der Waals surface area contributed by atoms with Gasteiger partial charge in [-0.25, -0.2) is 0 Å². The van der Waals surface area contributed by atoms with Crippen molar-refractivity contribution in [2.45, 2.75) is 50.1 Å². The number of aromatic nitrogens is 2. The molecule has 1 atom stereocenters. The molecule has 7 nitrogen and oxygen atoms in total. The van der Waals surface area contributed by atoms with Gasteiger partial charge in [0.1, 0.15) is 5.03 Å². The van der Waals surface area contributed by atoms with Gasteiger partial charge in [0.25, 0.3) is 0 Å². The van der Waals surface area contributed by atoms with Crippen molar-refractivity contribution >= 4 is 35.1 Å². The second-order valence-electron chi connectivity index (χ2n) is 8.19. The molecule has 31 heavy (non-hydrogen) atoms. The summed E-state index contributed by atoms with van der Waals surface area (Å²) < 4.78 is 0. The van der Waals surface area contributed by atoms with E-state index in [1.807, 2.05) is 36.4 Å². The highest BCUT2D eigenvalue weighted by Gasteiger charge is 2.30. The number of hydrogen-bond acceptors (Lipinski definition) is 6. The van der Waals surface area contributed by atoms with Gasteiger partial charge in [-0.05, 0) is 61.9 Å². The van der Waals surface area contributed by atoms with E-state index < -0.39 is 0 Å². The first-order valence-corrected chi connectivity index (χ1v) is 12.0. The van der Waals surface area contributed by atoms with Gasteiger partial charge < -0.3 is 15.5 Å². The highest BCUT2D eigenvalue weighted by molar-refractivity contribution is 7.99. The molecule has 1 aromatic heterocycles. The van der Waals surface area contributed by atoms with Crippen LogP contribution in [0.3, 0.4) is 0 Å². The standard InChI is InChI=1S/C23H29N5O2S/c1-2-16-5-7-18(8-6-16)24-21(29)15-31-22-12-11-20(26-27-22)28-13-3-4-17(14-28)23(30)25-19-9-10-19/h5-8,11-12,17,19H,2-4,9-10,13-15H2,1H3,(H,24,29)(H,25,30)/t17-/m0/s1. The lowest BCUT2D eigenvalue weighted by Crippen LogP contribution is -2.44. The molecular weight excluding hydrogens is 410 g/mol. The van der Waals surface area contributed by atoms with Crippen LogP contribution in [0.15, 0.2) is 41.4 Å². The maximum absolute atomic E-state index is 12.4. The Morgan fingerprint density at radius 2 is 1.90 bits per heavy atom. The number of amides is 2. The summed E-state index contributed by atoms with van der Waals surface area (Å²) in [5.41, 5.74) is 2.04. The van der Waals surface area contributed by atoms with E-state index >= 15 is 0 Å². The van der Waals surface area contributed by atoms with Crippen LogP contribution in [0.25, 0.3) is 0 Å². The second kappa shape index (κ2) is 10.1. The molecule has 1 saturated carbocycles. The SMILES string of the molecule is CCc1ccc(NC(=O)CSc2ccc(N3CCC[C@H](C(=O)NC4CC4)C3)nn2)cc1. The third-order valence-corrected chi connectivity index (χ3v) is 6.58. The fourth-order valence-corrected chi connectivity index (χ4v) is 4.28. The molecule has 2 aromatic rings. The first-order chi connectivity index (χ1) is 15.1. The Bertz CT molecular complexity index is 899. The Kier molecular flexibility index (Phi) is 7.06. The van der Waals surface area contributed by atoms with Crippen LogP contribution in [0, 0.1) is 5.92 Å². The van der Waals surface area contributed by atoms with Crippen LogP contribution in [0.5, 0.6) is 0 Å². The molecule has 0 spiro atoms. The number of anilines is 2. The average Bonchev–Trinajstić information content (AvgIpc) is 3.63. The van der Waals surface area contributed by atoms with Crippen molar-refractivity contribution in [2.75, 3.05) is 29.1 Å².